The maximum absolute atomic E-state index is 11.0. The van der Waals surface area contributed by atoms with Gasteiger partial charge in [-0.05, 0) is 37.2 Å². The van der Waals surface area contributed by atoms with Gasteiger partial charge in [0.25, 0.3) is 0 Å². The number of allylic oxidation sites excluding steroid dienone is 4. The molecule has 3 unspecified atom stereocenters. The molecule has 2 nitrogen and oxygen atoms in total. The minimum absolute atomic E-state index is 0.0354. The lowest BCUT2D eigenvalue weighted by molar-refractivity contribution is 0.524. The molecule has 3 atom stereocenters. The standard InChI is InChI=1S/C11H16O2S/c1-8-2-3-10-7-11(14(12)13)5-4-9(10)6-8/h2-3,8,11H,4-7H2,1H3,(H,12,13). The Kier molecular flexibility index (Phi) is 2.88. The molecule has 0 heterocycles. The summed E-state index contributed by atoms with van der Waals surface area (Å²) < 4.78 is 20.0. The number of hydrogen-bond acceptors (Lipinski definition) is 1. The predicted octanol–water partition coefficient (Wildman–Crippen LogP) is 2.65. The van der Waals surface area contributed by atoms with Gasteiger partial charge in [-0.15, -0.1) is 0 Å². The van der Waals surface area contributed by atoms with Crippen LogP contribution in [0.4, 0.5) is 0 Å². The highest BCUT2D eigenvalue weighted by Crippen LogP contribution is 2.35. The molecule has 0 saturated carbocycles. The first-order valence-corrected chi connectivity index (χ1v) is 6.32. The zero-order valence-corrected chi connectivity index (χ0v) is 9.22. The molecule has 1 N–H and O–H groups in total. The molecule has 0 aromatic heterocycles. The quantitative estimate of drug-likeness (QED) is 0.678. The zero-order chi connectivity index (χ0) is 10.1. The Labute approximate surface area is 87.4 Å². The monoisotopic (exact) mass is 212 g/mol. The van der Waals surface area contributed by atoms with Crippen LogP contribution in [-0.4, -0.2) is 14.0 Å². The topological polar surface area (TPSA) is 37.3 Å². The smallest absolute Gasteiger partial charge is 0.156 e. The Balaban J connectivity index is 2.13. The van der Waals surface area contributed by atoms with Crippen LogP contribution >= 0.6 is 0 Å². The SMILES string of the molecule is CC1C=CC2=C(CCC(S(=O)O)C2)C1. The molecule has 0 radical (unpaired) electrons. The van der Waals surface area contributed by atoms with Crippen molar-refractivity contribution in [1.82, 2.24) is 0 Å². The summed E-state index contributed by atoms with van der Waals surface area (Å²) in [6.07, 6.45) is 8.20. The second kappa shape index (κ2) is 3.99. The lowest BCUT2D eigenvalue weighted by Gasteiger charge is -2.27. The highest BCUT2D eigenvalue weighted by Gasteiger charge is 2.25. The van der Waals surface area contributed by atoms with Gasteiger partial charge in [0, 0.05) is 0 Å². The first-order chi connectivity index (χ1) is 6.66. The third-order valence-corrected chi connectivity index (χ3v) is 4.12. The molecule has 0 aromatic rings. The maximum Gasteiger partial charge on any atom is 0.156 e. The maximum atomic E-state index is 11.0. The third-order valence-electron chi connectivity index (χ3n) is 3.15. The Morgan fingerprint density at radius 2 is 2.29 bits per heavy atom. The van der Waals surface area contributed by atoms with Crippen LogP contribution in [0.5, 0.6) is 0 Å². The Morgan fingerprint density at radius 3 is 3.00 bits per heavy atom. The molecule has 0 amide bonds. The fourth-order valence-electron chi connectivity index (χ4n) is 2.32. The van der Waals surface area contributed by atoms with Crippen molar-refractivity contribution in [2.45, 2.75) is 37.9 Å². The first-order valence-electron chi connectivity index (χ1n) is 5.15. The molecule has 0 fully saturated rings. The summed E-state index contributed by atoms with van der Waals surface area (Å²) in [5, 5.41) is -0.0354. The molecular weight excluding hydrogens is 196 g/mol. The van der Waals surface area contributed by atoms with E-state index in [1.165, 1.54) is 11.1 Å². The van der Waals surface area contributed by atoms with Crippen molar-refractivity contribution in [2.24, 2.45) is 5.92 Å². The number of hydrogen-bond donors (Lipinski definition) is 1. The van der Waals surface area contributed by atoms with E-state index < -0.39 is 11.1 Å². The summed E-state index contributed by atoms with van der Waals surface area (Å²) in [6.45, 7) is 2.22. The summed E-state index contributed by atoms with van der Waals surface area (Å²) in [5.41, 5.74) is 2.84. The highest BCUT2D eigenvalue weighted by atomic mass is 32.2. The second-order valence-corrected chi connectivity index (χ2v) is 5.53. The van der Waals surface area contributed by atoms with E-state index in [1.54, 1.807) is 0 Å². The third kappa shape index (κ3) is 1.98. The van der Waals surface area contributed by atoms with Crippen LogP contribution in [0.1, 0.15) is 32.6 Å². The lowest BCUT2D eigenvalue weighted by Crippen LogP contribution is -2.21. The zero-order valence-electron chi connectivity index (χ0n) is 8.40. The molecule has 3 heteroatoms. The van der Waals surface area contributed by atoms with Crippen molar-refractivity contribution in [1.29, 1.82) is 0 Å². The normalized spacial score (nSPS) is 34.1. The molecule has 0 saturated heterocycles. The second-order valence-electron chi connectivity index (χ2n) is 4.31. The number of rotatable bonds is 1. The molecule has 2 aliphatic carbocycles. The van der Waals surface area contributed by atoms with Gasteiger partial charge in [0.1, 0.15) is 0 Å². The molecule has 2 rings (SSSR count). The van der Waals surface area contributed by atoms with Gasteiger partial charge in [0.15, 0.2) is 11.1 Å². The van der Waals surface area contributed by atoms with Crippen LogP contribution in [0.2, 0.25) is 0 Å². The van der Waals surface area contributed by atoms with Crippen LogP contribution in [-0.2, 0) is 11.1 Å². The summed E-state index contributed by atoms with van der Waals surface area (Å²) in [6, 6.07) is 0. The fourth-order valence-corrected chi connectivity index (χ4v) is 2.96. The molecule has 78 valence electrons. The van der Waals surface area contributed by atoms with Crippen molar-refractivity contribution < 1.29 is 8.76 Å². The molecule has 2 aliphatic rings. The van der Waals surface area contributed by atoms with Crippen molar-refractivity contribution in [3.8, 4) is 0 Å². The van der Waals surface area contributed by atoms with Crippen LogP contribution < -0.4 is 0 Å². The van der Waals surface area contributed by atoms with Gasteiger partial charge >= 0.3 is 0 Å². The molecule has 0 aromatic carbocycles. The average molecular weight is 212 g/mol. The summed E-state index contributed by atoms with van der Waals surface area (Å²) >= 11 is -1.64. The highest BCUT2D eigenvalue weighted by molar-refractivity contribution is 7.79. The van der Waals surface area contributed by atoms with E-state index in [0.717, 1.165) is 25.7 Å². The van der Waals surface area contributed by atoms with E-state index in [0.29, 0.717) is 5.92 Å². The molecule has 0 bridgehead atoms. The van der Waals surface area contributed by atoms with Crippen LogP contribution in [0, 0.1) is 5.92 Å². The van der Waals surface area contributed by atoms with E-state index in [-0.39, 0.29) is 5.25 Å². The van der Waals surface area contributed by atoms with Gasteiger partial charge in [-0.1, -0.05) is 24.6 Å². The van der Waals surface area contributed by atoms with Gasteiger partial charge in [0.05, 0.1) is 5.25 Å². The van der Waals surface area contributed by atoms with Gasteiger partial charge in [0.2, 0.25) is 0 Å². The van der Waals surface area contributed by atoms with Gasteiger partial charge in [-0.2, -0.15) is 0 Å². The van der Waals surface area contributed by atoms with Gasteiger partial charge in [-0.3, -0.25) is 0 Å². The van der Waals surface area contributed by atoms with E-state index in [4.69, 9.17) is 4.55 Å². The van der Waals surface area contributed by atoms with Crippen molar-refractivity contribution >= 4 is 11.1 Å². The Hall–Kier alpha value is -0.410. The van der Waals surface area contributed by atoms with Crippen LogP contribution in [0.15, 0.2) is 23.3 Å². The van der Waals surface area contributed by atoms with Gasteiger partial charge in [-0.25, -0.2) is 4.21 Å². The minimum atomic E-state index is -1.64. The van der Waals surface area contributed by atoms with E-state index in [1.807, 2.05) is 0 Å². The molecular formula is C11H16O2S. The largest absolute Gasteiger partial charge is 0.306 e. The summed E-state index contributed by atoms with van der Waals surface area (Å²) in [4.78, 5) is 0. The van der Waals surface area contributed by atoms with Gasteiger partial charge < -0.3 is 4.55 Å². The predicted molar refractivity (Wildman–Crippen MR) is 58.4 cm³/mol. The summed E-state index contributed by atoms with van der Waals surface area (Å²) in [5.74, 6) is 0.643. The Morgan fingerprint density at radius 1 is 1.50 bits per heavy atom. The fraction of sp³-hybridized carbons (Fsp3) is 0.636. The first kappa shape index (κ1) is 10.1. The van der Waals surface area contributed by atoms with Crippen molar-refractivity contribution in [2.75, 3.05) is 0 Å². The lowest BCUT2D eigenvalue weighted by atomic mass is 9.82. The van der Waals surface area contributed by atoms with E-state index >= 15 is 0 Å². The van der Waals surface area contributed by atoms with E-state index in [2.05, 4.69) is 19.1 Å². The van der Waals surface area contributed by atoms with Crippen LogP contribution in [0.3, 0.4) is 0 Å². The summed E-state index contributed by atoms with van der Waals surface area (Å²) in [7, 11) is 0. The molecule has 0 aliphatic heterocycles. The average Bonchev–Trinajstić information content (AvgIpc) is 2.16. The van der Waals surface area contributed by atoms with Crippen molar-refractivity contribution in [3.05, 3.63) is 23.3 Å². The molecule has 0 spiro atoms. The Bertz CT molecular complexity index is 317. The van der Waals surface area contributed by atoms with Crippen LogP contribution in [0.25, 0.3) is 0 Å². The molecule has 14 heavy (non-hydrogen) atoms. The van der Waals surface area contributed by atoms with Crippen molar-refractivity contribution in [3.63, 3.8) is 0 Å². The van der Waals surface area contributed by atoms with E-state index in [9.17, 15) is 4.21 Å². The minimum Gasteiger partial charge on any atom is -0.306 e.